The summed E-state index contributed by atoms with van der Waals surface area (Å²) in [6.45, 7) is 0. The molecule has 0 bridgehead atoms. The highest BCUT2D eigenvalue weighted by molar-refractivity contribution is 7.97. The van der Waals surface area contributed by atoms with Crippen molar-refractivity contribution in [2.45, 2.75) is 4.90 Å². The quantitative estimate of drug-likeness (QED) is 0.560. The first-order valence-corrected chi connectivity index (χ1v) is 3.50. The Hall–Kier alpha value is -0.510. The summed E-state index contributed by atoms with van der Waals surface area (Å²) in [5, 5.41) is 5.33. The normalized spacial score (nSPS) is 9.56. The fraction of sp³-hybridized carbons (Fsp3) is 0. The largest absolute Gasteiger partial charge is 0.324 e. The predicted molar refractivity (Wildman–Crippen MR) is 39.0 cm³/mol. The number of nitrogens with two attached hydrogens (primary N) is 1. The second kappa shape index (κ2) is 2.87. The molecule has 9 heavy (non-hydrogen) atoms. The Morgan fingerprint density at radius 2 is 2.00 bits per heavy atom. The first-order chi connectivity index (χ1) is 4.34. The SMILES string of the molecule is NSc1ccccc1[NH3+]. The summed E-state index contributed by atoms with van der Waals surface area (Å²) in [6, 6.07) is 7.79. The molecule has 1 aromatic carbocycles. The van der Waals surface area contributed by atoms with E-state index in [-0.39, 0.29) is 0 Å². The third kappa shape index (κ3) is 1.45. The molecule has 0 aliphatic heterocycles. The molecule has 0 atom stereocenters. The third-order valence-electron chi connectivity index (χ3n) is 1.10. The fourth-order valence-corrected chi connectivity index (χ4v) is 0.995. The fourth-order valence-electron chi connectivity index (χ4n) is 0.619. The van der Waals surface area contributed by atoms with E-state index in [0.29, 0.717) is 0 Å². The molecule has 5 N–H and O–H groups in total. The van der Waals surface area contributed by atoms with E-state index in [1.54, 1.807) is 0 Å². The molecular weight excluding hydrogens is 132 g/mol. The number of hydrogen-bond donors (Lipinski definition) is 2. The summed E-state index contributed by atoms with van der Waals surface area (Å²) < 4.78 is 0. The summed E-state index contributed by atoms with van der Waals surface area (Å²) in [7, 11) is 0. The van der Waals surface area contributed by atoms with Gasteiger partial charge in [0, 0.05) is 6.07 Å². The van der Waals surface area contributed by atoms with Crippen molar-refractivity contribution in [1.29, 1.82) is 0 Å². The molecular formula is C6H9N2S+. The van der Waals surface area contributed by atoms with E-state index >= 15 is 0 Å². The van der Waals surface area contributed by atoms with Crippen molar-refractivity contribution in [1.82, 2.24) is 0 Å². The lowest BCUT2D eigenvalue weighted by Crippen LogP contribution is -2.40. The zero-order valence-corrected chi connectivity index (χ0v) is 5.82. The highest BCUT2D eigenvalue weighted by Gasteiger charge is 1.95. The molecule has 0 aliphatic rings. The van der Waals surface area contributed by atoms with Crippen LogP contribution in [0.1, 0.15) is 0 Å². The van der Waals surface area contributed by atoms with Crippen molar-refractivity contribution < 1.29 is 5.73 Å². The molecule has 3 heteroatoms. The van der Waals surface area contributed by atoms with Gasteiger partial charge in [-0.25, -0.2) is 0 Å². The van der Waals surface area contributed by atoms with Gasteiger partial charge in [0.25, 0.3) is 0 Å². The summed E-state index contributed by atoms with van der Waals surface area (Å²) in [4.78, 5) is 1.04. The Labute approximate surface area is 58.4 Å². The average molecular weight is 141 g/mol. The molecule has 48 valence electrons. The van der Waals surface area contributed by atoms with Crippen LogP contribution in [0.2, 0.25) is 0 Å². The van der Waals surface area contributed by atoms with Gasteiger partial charge in [-0.15, -0.1) is 0 Å². The zero-order chi connectivity index (χ0) is 6.69. The molecule has 0 fully saturated rings. The summed E-state index contributed by atoms with van der Waals surface area (Å²) in [5.74, 6) is 0. The molecule has 1 aromatic rings. The molecule has 0 unspecified atom stereocenters. The summed E-state index contributed by atoms with van der Waals surface area (Å²) in [5.41, 5.74) is 4.78. The van der Waals surface area contributed by atoms with Crippen LogP contribution in [-0.4, -0.2) is 0 Å². The number of quaternary nitrogens is 1. The van der Waals surface area contributed by atoms with E-state index in [9.17, 15) is 0 Å². The van der Waals surface area contributed by atoms with Gasteiger partial charge in [0.15, 0.2) is 0 Å². The number of rotatable bonds is 1. The van der Waals surface area contributed by atoms with Gasteiger partial charge in [-0.05, 0) is 18.0 Å². The average Bonchev–Trinajstić information content (AvgIpc) is 1.89. The Bertz CT molecular complexity index is 200. The molecule has 0 amide bonds. The Morgan fingerprint density at radius 1 is 1.33 bits per heavy atom. The first kappa shape index (κ1) is 6.61. The maximum atomic E-state index is 5.33. The van der Waals surface area contributed by atoms with Crippen LogP contribution in [0.25, 0.3) is 0 Å². The summed E-state index contributed by atoms with van der Waals surface area (Å²) in [6.07, 6.45) is 0. The van der Waals surface area contributed by atoms with Gasteiger partial charge in [0.05, 0.1) is 4.90 Å². The molecule has 0 radical (unpaired) electrons. The van der Waals surface area contributed by atoms with Crippen LogP contribution in [0.5, 0.6) is 0 Å². The van der Waals surface area contributed by atoms with Gasteiger partial charge in [-0.2, -0.15) is 0 Å². The van der Waals surface area contributed by atoms with Crippen LogP contribution in [0.15, 0.2) is 29.2 Å². The summed E-state index contributed by atoms with van der Waals surface area (Å²) >= 11 is 1.23. The lowest BCUT2D eigenvalue weighted by Gasteiger charge is -1.93. The highest BCUT2D eigenvalue weighted by Crippen LogP contribution is 2.16. The first-order valence-electron chi connectivity index (χ1n) is 2.62. The monoisotopic (exact) mass is 141 g/mol. The van der Waals surface area contributed by atoms with Gasteiger partial charge in [0.1, 0.15) is 5.69 Å². The molecule has 0 saturated heterocycles. The van der Waals surface area contributed by atoms with Crippen molar-refractivity contribution >= 4 is 17.6 Å². The Kier molecular flexibility index (Phi) is 2.10. The molecule has 0 aromatic heterocycles. The second-order valence-corrected chi connectivity index (χ2v) is 2.40. The van der Waals surface area contributed by atoms with E-state index in [0.717, 1.165) is 10.6 Å². The zero-order valence-electron chi connectivity index (χ0n) is 5.00. The van der Waals surface area contributed by atoms with E-state index in [2.05, 4.69) is 5.73 Å². The van der Waals surface area contributed by atoms with Crippen LogP contribution in [0.3, 0.4) is 0 Å². The van der Waals surface area contributed by atoms with E-state index in [4.69, 9.17) is 5.14 Å². The predicted octanol–water partition coefficient (Wildman–Crippen LogP) is 0.526. The minimum Gasteiger partial charge on any atom is -0.324 e. The van der Waals surface area contributed by atoms with Gasteiger partial charge in [0.2, 0.25) is 0 Å². The van der Waals surface area contributed by atoms with Crippen LogP contribution >= 0.6 is 11.9 Å². The van der Waals surface area contributed by atoms with Gasteiger partial charge in [-0.3, -0.25) is 5.14 Å². The van der Waals surface area contributed by atoms with Crippen molar-refractivity contribution in [2.24, 2.45) is 5.14 Å². The number of hydrogen-bond acceptors (Lipinski definition) is 2. The van der Waals surface area contributed by atoms with Gasteiger partial charge in [-0.1, -0.05) is 12.1 Å². The van der Waals surface area contributed by atoms with Crippen LogP contribution in [-0.2, 0) is 0 Å². The van der Waals surface area contributed by atoms with E-state index in [1.807, 2.05) is 24.3 Å². The molecule has 0 saturated carbocycles. The van der Waals surface area contributed by atoms with Gasteiger partial charge < -0.3 is 5.73 Å². The maximum absolute atomic E-state index is 5.33. The van der Waals surface area contributed by atoms with Crippen molar-refractivity contribution in [3.05, 3.63) is 24.3 Å². The molecule has 0 spiro atoms. The van der Waals surface area contributed by atoms with Gasteiger partial charge >= 0.3 is 0 Å². The number of benzene rings is 1. The molecule has 1 rings (SSSR count). The van der Waals surface area contributed by atoms with E-state index < -0.39 is 0 Å². The third-order valence-corrected chi connectivity index (χ3v) is 1.75. The minimum atomic E-state index is 0.991. The highest BCUT2D eigenvalue weighted by atomic mass is 32.2. The lowest BCUT2D eigenvalue weighted by atomic mass is 10.3. The van der Waals surface area contributed by atoms with E-state index in [1.165, 1.54) is 11.9 Å². The molecule has 2 nitrogen and oxygen atoms in total. The van der Waals surface area contributed by atoms with Crippen molar-refractivity contribution in [2.75, 3.05) is 0 Å². The van der Waals surface area contributed by atoms with Crippen molar-refractivity contribution in [3.63, 3.8) is 0 Å². The van der Waals surface area contributed by atoms with Crippen molar-refractivity contribution in [3.8, 4) is 0 Å². The maximum Gasteiger partial charge on any atom is 0.142 e. The second-order valence-electron chi connectivity index (χ2n) is 1.73. The Balaban J connectivity index is 3.01. The standard InChI is InChI=1S/C6H8N2S/c7-5-3-1-2-4-6(5)9-8/h1-4H,7-8H2/p+1. The topological polar surface area (TPSA) is 53.7 Å². The minimum absolute atomic E-state index is 0.991. The Morgan fingerprint density at radius 3 is 2.44 bits per heavy atom. The smallest absolute Gasteiger partial charge is 0.142 e. The van der Waals surface area contributed by atoms with Crippen LogP contribution in [0.4, 0.5) is 5.69 Å². The molecule has 0 heterocycles. The lowest BCUT2D eigenvalue weighted by molar-refractivity contribution is -0.258. The van der Waals surface area contributed by atoms with Crippen LogP contribution in [0, 0.1) is 0 Å². The van der Waals surface area contributed by atoms with Crippen LogP contribution < -0.4 is 10.9 Å². The molecule has 0 aliphatic carbocycles.